The minimum Gasteiger partial charge on any atom is -0.497 e. The van der Waals surface area contributed by atoms with Gasteiger partial charge in [-0.1, -0.05) is 24.4 Å². The molecule has 1 aromatic heterocycles. The Hall–Kier alpha value is -3.03. The summed E-state index contributed by atoms with van der Waals surface area (Å²) in [6.45, 7) is 1.67. The average Bonchev–Trinajstić information content (AvgIpc) is 3.14. The molecular formula is C20H25N3O5. The molecule has 1 aliphatic rings. The molecule has 1 heterocycles. The van der Waals surface area contributed by atoms with Crippen molar-refractivity contribution in [3.8, 4) is 17.0 Å². The molecule has 0 bridgehead atoms. The number of carboxylic acid groups (broad SMARTS) is 1. The third-order valence-electron chi connectivity index (χ3n) is 4.98. The van der Waals surface area contributed by atoms with Gasteiger partial charge in [-0.3, -0.25) is 0 Å². The van der Waals surface area contributed by atoms with Gasteiger partial charge in [-0.15, -0.1) is 0 Å². The standard InChI is InChI=1S/C20H25N3O5/c1-12(21-20(26)22-14-6-4-3-5-7-14)18-16(19(24)25)17(23-28-18)13-8-10-15(27-2)11-9-13/h8-12,14H,3-7H2,1-2H3,(H,24,25)(H2,21,22,26)/t12-/m1/s1. The highest BCUT2D eigenvalue weighted by atomic mass is 16.5. The summed E-state index contributed by atoms with van der Waals surface area (Å²) in [6.07, 6.45) is 5.34. The van der Waals surface area contributed by atoms with E-state index < -0.39 is 12.0 Å². The van der Waals surface area contributed by atoms with Gasteiger partial charge < -0.3 is 25.0 Å². The van der Waals surface area contributed by atoms with Gasteiger partial charge in [-0.25, -0.2) is 9.59 Å². The summed E-state index contributed by atoms with van der Waals surface area (Å²) in [4.78, 5) is 24.1. The van der Waals surface area contributed by atoms with Crippen LogP contribution in [0, 0.1) is 0 Å². The van der Waals surface area contributed by atoms with Crippen molar-refractivity contribution in [1.29, 1.82) is 0 Å². The van der Waals surface area contributed by atoms with Crippen molar-refractivity contribution in [2.24, 2.45) is 0 Å². The van der Waals surface area contributed by atoms with E-state index in [1.807, 2.05) is 0 Å². The minimum absolute atomic E-state index is 0.0596. The van der Waals surface area contributed by atoms with Crippen LogP contribution in [0.15, 0.2) is 28.8 Å². The van der Waals surface area contributed by atoms with Gasteiger partial charge in [0.2, 0.25) is 0 Å². The number of amides is 2. The predicted molar refractivity (Wildman–Crippen MR) is 102 cm³/mol. The maximum Gasteiger partial charge on any atom is 0.341 e. The molecular weight excluding hydrogens is 362 g/mol. The smallest absolute Gasteiger partial charge is 0.341 e. The second kappa shape index (κ2) is 8.77. The van der Waals surface area contributed by atoms with E-state index in [0.717, 1.165) is 25.7 Å². The van der Waals surface area contributed by atoms with Crippen LogP contribution in [0.4, 0.5) is 4.79 Å². The van der Waals surface area contributed by atoms with Gasteiger partial charge in [0.05, 0.1) is 13.2 Å². The van der Waals surface area contributed by atoms with Gasteiger partial charge in [-0.05, 0) is 44.0 Å². The third kappa shape index (κ3) is 4.44. The van der Waals surface area contributed by atoms with Gasteiger partial charge in [0.1, 0.15) is 17.0 Å². The number of nitrogens with zero attached hydrogens (tertiary/aromatic N) is 1. The summed E-state index contributed by atoms with van der Waals surface area (Å²) < 4.78 is 10.4. The highest BCUT2D eigenvalue weighted by molar-refractivity contribution is 5.96. The number of ether oxygens (including phenoxy) is 1. The number of nitrogens with one attached hydrogen (secondary N) is 2. The summed E-state index contributed by atoms with van der Waals surface area (Å²) in [6, 6.07) is 6.03. The molecule has 8 nitrogen and oxygen atoms in total. The molecule has 0 spiro atoms. The lowest BCUT2D eigenvalue weighted by molar-refractivity contribution is 0.0693. The molecule has 3 rings (SSSR count). The molecule has 1 saturated carbocycles. The van der Waals surface area contributed by atoms with E-state index in [9.17, 15) is 14.7 Å². The molecule has 28 heavy (non-hydrogen) atoms. The average molecular weight is 387 g/mol. The second-order valence-corrected chi connectivity index (χ2v) is 6.98. The molecule has 1 aliphatic carbocycles. The van der Waals surface area contributed by atoms with Crippen molar-refractivity contribution < 1.29 is 24.0 Å². The largest absolute Gasteiger partial charge is 0.497 e. The van der Waals surface area contributed by atoms with Crippen LogP contribution in [0.2, 0.25) is 0 Å². The molecule has 150 valence electrons. The monoisotopic (exact) mass is 387 g/mol. The first-order valence-corrected chi connectivity index (χ1v) is 9.44. The van der Waals surface area contributed by atoms with Gasteiger partial charge in [-0.2, -0.15) is 0 Å². The fourth-order valence-electron chi connectivity index (χ4n) is 3.49. The van der Waals surface area contributed by atoms with Crippen molar-refractivity contribution in [3.05, 3.63) is 35.6 Å². The van der Waals surface area contributed by atoms with Crippen LogP contribution in [0.1, 0.15) is 61.2 Å². The second-order valence-electron chi connectivity index (χ2n) is 6.98. The molecule has 0 aliphatic heterocycles. The molecule has 0 unspecified atom stereocenters. The van der Waals surface area contributed by atoms with E-state index in [2.05, 4.69) is 15.8 Å². The van der Waals surface area contributed by atoms with Crippen molar-refractivity contribution in [2.75, 3.05) is 7.11 Å². The van der Waals surface area contributed by atoms with Crippen LogP contribution < -0.4 is 15.4 Å². The fourth-order valence-corrected chi connectivity index (χ4v) is 3.49. The van der Waals surface area contributed by atoms with E-state index in [4.69, 9.17) is 9.26 Å². The number of hydrogen-bond acceptors (Lipinski definition) is 5. The van der Waals surface area contributed by atoms with Gasteiger partial charge in [0.25, 0.3) is 0 Å². The zero-order chi connectivity index (χ0) is 20.1. The van der Waals surface area contributed by atoms with Crippen LogP contribution in [-0.4, -0.2) is 35.4 Å². The van der Waals surface area contributed by atoms with E-state index in [1.54, 1.807) is 38.3 Å². The highest BCUT2D eigenvalue weighted by Gasteiger charge is 2.28. The number of aromatic nitrogens is 1. The summed E-state index contributed by atoms with van der Waals surface area (Å²) >= 11 is 0. The number of benzene rings is 1. The molecule has 1 atom stereocenters. The number of urea groups is 1. The summed E-state index contributed by atoms with van der Waals surface area (Å²) in [5.41, 5.74) is 0.745. The predicted octanol–water partition coefficient (Wildman–Crippen LogP) is 3.74. The lowest BCUT2D eigenvalue weighted by Crippen LogP contribution is -2.43. The van der Waals surface area contributed by atoms with Crippen LogP contribution in [-0.2, 0) is 0 Å². The number of carbonyl (C=O) groups excluding carboxylic acids is 1. The number of methoxy groups -OCH3 is 1. The maximum atomic E-state index is 12.3. The van der Waals surface area contributed by atoms with Gasteiger partial charge in [0, 0.05) is 11.6 Å². The van der Waals surface area contributed by atoms with E-state index in [-0.39, 0.29) is 29.1 Å². The van der Waals surface area contributed by atoms with Crippen LogP contribution in [0.5, 0.6) is 5.75 Å². The molecule has 0 radical (unpaired) electrons. The topological polar surface area (TPSA) is 114 Å². The Labute approximate surface area is 163 Å². The van der Waals surface area contributed by atoms with Crippen LogP contribution >= 0.6 is 0 Å². The Morgan fingerprint density at radius 1 is 1.21 bits per heavy atom. The summed E-state index contributed by atoms with van der Waals surface area (Å²) in [5.74, 6) is -0.403. The Morgan fingerprint density at radius 2 is 1.89 bits per heavy atom. The Morgan fingerprint density at radius 3 is 2.50 bits per heavy atom. The van der Waals surface area contributed by atoms with Crippen molar-refractivity contribution in [3.63, 3.8) is 0 Å². The van der Waals surface area contributed by atoms with Crippen molar-refractivity contribution in [1.82, 2.24) is 15.8 Å². The van der Waals surface area contributed by atoms with Crippen molar-refractivity contribution in [2.45, 2.75) is 51.1 Å². The summed E-state index contributed by atoms with van der Waals surface area (Å²) in [7, 11) is 1.55. The molecule has 0 saturated heterocycles. The molecule has 1 fully saturated rings. The quantitative estimate of drug-likeness (QED) is 0.696. The van der Waals surface area contributed by atoms with E-state index in [1.165, 1.54) is 6.42 Å². The zero-order valence-corrected chi connectivity index (χ0v) is 16.0. The number of carboxylic acids is 1. The zero-order valence-electron chi connectivity index (χ0n) is 16.0. The fraction of sp³-hybridized carbons (Fsp3) is 0.450. The minimum atomic E-state index is -1.16. The third-order valence-corrected chi connectivity index (χ3v) is 4.98. The van der Waals surface area contributed by atoms with Crippen molar-refractivity contribution >= 4 is 12.0 Å². The molecule has 3 N–H and O–H groups in total. The highest BCUT2D eigenvalue weighted by Crippen LogP contribution is 2.30. The van der Waals surface area contributed by atoms with Crippen LogP contribution in [0.25, 0.3) is 11.3 Å². The van der Waals surface area contributed by atoms with Crippen LogP contribution in [0.3, 0.4) is 0 Å². The Balaban J connectivity index is 1.76. The van der Waals surface area contributed by atoms with Gasteiger partial charge in [0.15, 0.2) is 5.76 Å². The first kappa shape index (κ1) is 19.7. The number of rotatable bonds is 6. The van der Waals surface area contributed by atoms with E-state index in [0.29, 0.717) is 11.3 Å². The summed E-state index contributed by atoms with van der Waals surface area (Å²) in [5, 5.41) is 19.3. The Kier molecular flexibility index (Phi) is 6.18. The lowest BCUT2D eigenvalue weighted by atomic mass is 9.96. The molecule has 8 heteroatoms. The Bertz CT molecular complexity index is 825. The molecule has 2 amide bonds. The molecule has 1 aromatic carbocycles. The first-order chi connectivity index (χ1) is 13.5. The molecule has 2 aromatic rings. The van der Waals surface area contributed by atoms with Gasteiger partial charge >= 0.3 is 12.0 Å². The number of hydrogen-bond donors (Lipinski definition) is 3. The number of aromatic carboxylic acids is 1. The van der Waals surface area contributed by atoms with E-state index >= 15 is 0 Å². The maximum absolute atomic E-state index is 12.3. The SMILES string of the molecule is COc1ccc(-c2noc([C@@H](C)NC(=O)NC3CCCCC3)c2C(=O)O)cc1. The normalized spacial score (nSPS) is 15.6. The first-order valence-electron chi connectivity index (χ1n) is 9.44. The lowest BCUT2D eigenvalue weighted by Gasteiger charge is -2.23. The number of carbonyl (C=O) groups is 2.